The molecule has 0 fully saturated rings. The maximum atomic E-state index is 10.7. The van der Waals surface area contributed by atoms with Crippen molar-refractivity contribution < 1.29 is 19.5 Å². The first-order valence-corrected chi connectivity index (χ1v) is 6.63. The Morgan fingerprint density at radius 2 is 2.00 bits per heavy atom. The van der Waals surface area contributed by atoms with E-state index in [0.29, 0.717) is 0 Å². The number of hydrogen-bond acceptors (Lipinski definition) is 4. The van der Waals surface area contributed by atoms with Gasteiger partial charge in [0.15, 0.2) is 11.5 Å². The largest absolute Gasteiger partial charge is 0.454 e. The summed E-state index contributed by atoms with van der Waals surface area (Å²) in [4.78, 5) is 10.7. The summed E-state index contributed by atoms with van der Waals surface area (Å²) in [5, 5.41) is 8.27. The van der Waals surface area contributed by atoms with Gasteiger partial charge in [-0.2, -0.15) is 0 Å². The summed E-state index contributed by atoms with van der Waals surface area (Å²) in [5.74, 6) is 1.03. The number of hydrogen-bond donors (Lipinski definition) is 2. The smallest absolute Gasteiger partial charge is 0.267 e. The second kappa shape index (κ2) is 7.91. The minimum atomic E-state index is -0.539. The van der Waals surface area contributed by atoms with Crippen molar-refractivity contribution in [2.75, 3.05) is 6.79 Å². The van der Waals surface area contributed by atoms with Gasteiger partial charge in [-0.15, -0.1) is 0 Å². The highest BCUT2D eigenvalue weighted by Crippen LogP contribution is 2.32. The number of nitrogens with one attached hydrogen (secondary N) is 1. The number of benzene rings is 1. The molecule has 0 unspecified atom stereocenters. The number of allylic oxidation sites excluding steroid dienone is 4. The molecule has 5 heteroatoms. The lowest BCUT2D eigenvalue weighted by Crippen LogP contribution is -2.14. The van der Waals surface area contributed by atoms with E-state index >= 15 is 0 Å². The van der Waals surface area contributed by atoms with Crippen LogP contribution in [0, 0.1) is 0 Å². The molecule has 0 saturated carbocycles. The summed E-state index contributed by atoms with van der Waals surface area (Å²) >= 11 is 0. The standard InChI is InChI=1S/C16H17NO4/c18-16(17-19)8-6-4-2-1-3-5-7-13-9-10-14-15(11-13)21-12-20-14/h2,4-11,19H,1,3,12H2,(H,17,18)/b4-2+,7-5+,8-6+. The minimum Gasteiger partial charge on any atom is -0.454 e. The lowest BCUT2D eigenvalue weighted by atomic mass is 10.1. The van der Waals surface area contributed by atoms with Gasteiger partial charge >= 0.3 is 0 Å². The zero-order valence-electron chi connectivity index (χ0n) is 11.5. The highest BCUT2D eigenvalue weighted by Gasteiger charge is 2.11. The van der Waals surface area contributed by atoms with E-state index in [4.69, 9.17) is 14.7 Å². The van der Waals surface area contributed by atoms with Crippen molar-refractivity contribution in [2.24, 2.45) is 0 Å². The van der Waals surface area contributed by atoms with Crippen LogP contribution in [0.25, 0.3) is 6.08 Å². The quantitative estimate of drug-likeness (QED) is 0.277. The maximum absolute atomic E-state index is 10.7. The number of amides is 1. The summed E-state index contributed by atoms with van der Waals surface area (Å²) in [7, 11) is 0. The van der Waals surface area contributed by atoms with Crippen molar-refractivity contribution in [3.8, 4) is 11.5 Å². The average Bonchev–Trinajstić information content (AvgIpc) is 2.97. The molecular formula is C16H17NO4. The molecule has 0 saturated heterocycles. The predicted molar refractivity (Wildman–Crippen MR) is 79.0 cm³/mol. The van der Waals surface area contributed by atoms with Crippen molar-refractivity contribution in [1.29, 1.82) is 0 Å². The lowest BCUT2D eigenvalue weighted by Gasteiger charge is -1.97. The Balaban J connectivity index is 1.72. The topological polar surface area (TPSA) is 67.8 Å². The van der Waals surface area contributed by atoms with Crippen LogP contribution in [0.2, 0.25) is 0 Å². The van der Waals surface area contributed by atoms with E-state index in [1.54, 1.807) is 12.2 Å². The van der Waals surface area contributed by atoms with E-state index < -0.39 is 5.91 Å². The van der Waals surface area contributed by atoms with Crippen LogP contribution in [0.1, 0.15) is 18.4 Å². The van der Waals surface area contributed by atoms with Gasteiger partial charge in [0.25, 0.3) is 5.91 Å². The average molecular weight is 287 g/mol. The van der Waals surface area contributed by atoms with Gasteiger partial charge in [-0.05, 0) is 30.5 Å². The number of unbranched alkanes of at least 4 members (excludes halogenated alkanes) is 1. The Bertz CT molecular complexity index is 576. The Morgan fingerprint density at radius 3 is 2.86 bits per heavy atom. The van der Waals surface area contributed by atoms with Crippen molar-refractivity contribution in [3.63, 3.8) is 0 Å². The first kappa shape index (κ1) is 14.9. The normalized spacial score (nSPS) is 13.6. The van der Waals surface area contributed by atoms with Crippen molar-refractivity contribution in [3.05, 3.63) is 54.1 Å². The van der Waals surface area contributed by atoms with E-state index in [2.05, 4.69) is 6.08 Å². The van der Waals surface area contributed by atoms with Crippen LogP contribution < -0.4 is 15.0 Å². The fourth-order valence-corrected chi connectivity index (χ4v) is 1.78. The molecule has 1 amide bonds. The van der Waals surface area contributed by atoms with Crippen LogP contribution in [0.4, 0.5) is 0 Å². The molecule has 0 spiro atoms. The van der Waals surface area contributed by atoms with E-state index in [0.717, 1.165) is 29.9 Å². The van der Waals surface area contributed by atoms with Gasteiger partial charge in [0, 0.05) is 6.08 Å². The van der Waals surface area contributed by atoms with Crippen molar-refractivity contribution in [2.45, 2.75) is 12.8 Å². The fraction of sp³-hybridized carbons (Fsp3) is 0.188. The molecule has 0 aromatic heterocycles. The third-order valence-corrected chi connectivity index (χ3v) is 2.81. The molecule has 1 aliphatic heterocycles. The summed E-state index contributed by atoms with van der Waals surface area (Å²) in [6.07, 6.45) is 12.4. The van der Waals surface area contributed by atoms with Crippen molar-refractivity contribution >= 4 is 12.0 Å². The van der Waals surface area contributed by atoms with Crippen molar-refractivity contribution in [1.82, 2.24) is 5.48 Å². The minimum absolute atomic E-state index is 0.287. The van der Waals surface area contributed by atoms with Crippen LogP contribution >= 0.6 is 0 Å². The Kier molecular flexibility index (Phi) is 5.60. The van der Waals surface area contributed by atoms with E-state index in [1.807, 2.05) is 30.4 Å². The summed E-state index contributed by atoms with van der Waals surface area (Å²) < 4.78 is 10.6. The van der Waals surface area contributed by atoms with Gasteiger partial charge in [0.05, 0.1) is 0 Å². The molecule has 1 aromatic carbocycles. The number of rotatable bonds is 6. The molecule has 5 nitrogen and oxygen atoms in total. The van der Waals surface area contributed by atoms with Crippen LogP contribution in [-0.2, 0) is 4.79 Å². The van der Waals surface area contributed by atoms with Gasteiger partial charge in [-0.3, -0.25) is 10.0 Å². The van der Waals surface area contributed by atoms with E-state index in [1.165, 1.54) is 11.6 Å². The summed E-state index contributed by atoms with van der Waals surface area (Å²) in [6.45, 7) is 0.287. The van der Waals surface area contributed by atoms with E-state index in [9.17, 15) is 4.79 Å². The molecule has 2 rings (SSSR count). The van der Waals surface area contributed by atoms with Gasteiger partial charge in [-0.25, -0.2) is 5.48 Å². The highest BCUT2D eigenvalue weighted by molar-refractivity contribution is 5.86. The number of carbonyl (C=O) groups is 1. The molecule has 1 aliphatic rings. The van der Waals surface area contributed by atoms with Gasteiger partial charge in [0.1, 0.15) is 0 Å². The maximum Gasteiger partial charge on any atom is 0.267 e. The molecule has 1 aromatic rings. The van der Waals surface area contributed by atoms with E-state index in [-0.39, 0.29) is 6.79 Å². The Morgan fingerprint density at radius 1 is 1.19 bits per heavy atom. The third kappa shape index (κ3) is 4.81. The number of hydroxylamine groups is 1. The van der Waals surface area contributed by atoms with Crippen LogP contribution in [0.3, 0.4) is 0 Å². The highest BCUT2D eigenvalue weighted by atomic mass is 16.7. The molecule has 0 aliphatic carbocycles. The molecule has 1 heterocycles. The molecule has 0 radical (unpaired) electrons. The number of carbonyl (C=O) groups excluding carboxylic acids is 1. The SMILES string of the molecule is O=C(/C=C/C=C/CC/C=C/c1ccc2c(c1)OCO2)NO. The predicted octanol–water partition coefficient (Wildman–Crippen LogP) is 2.83. The summed E-state index contributed by atoms with van der Waals surface area (Å²) in [5.41, 5.74) is 2.59. The summed E-state index contributed by atoms with van der Waals surface area (Å²) in [6, 6.07) is 5.83. The second-order valence-corrected chi connectivity index (χ2v) is 4.36. The van der Waals surface area contributed by atoms with Gasteiger partial charge in [0.2, 0.25) is 6.79 Å². The molecule has 0 atom stereocenters. The second-order valence-electron chi connectivity index (χ2n) is 4.36. The Labute approximate surface area is 123 Å². The zero-order chi connectivity index (χ0) is 14.9. The fourth-order valence-electron chi connectivity index (χ4n) is 1.78. The Hall–Kier alpha value is -2.53. The number of fused-ring (bicyclic) bond motifs is 1. The monoisotopic (exact) mass is 287 g/mol. The first-order valence-electron chi connectivity index (χ1n) is 6.63. The number of ether oxygens (including phenoxy) is 2. The molecule has 110 valence electrons. The lowest BCUT2D eigenvalue weighted by molar-refractivity contribution is -0.124. The molecule has 21 heavy (non-hydrogen) atoms. The first-order chi connectivity index (χ1) is 10.3. The van der Waals surface area contributed by atoms with Crippen LogP contribution in [0.5, 0.6) is 11.5 Å². The van der Waals surface area contributed by atoms with Crippen LogP contribution in [-0.4, -0.2) is 17.9 Å². The molecule has 0 bridgehead atoms. The van der Waals surface area contributed by atoms with Gasteiger partial charge < -0.3 is 9.47 Å². The zero-order valence-corrected chi connectivity index (χ0v) is 11.5. The molecular weight excluding hydrogens is 270 g/mol. The van der Waals surface area contributed by atoms with Crippen LogP contribution in [0.15, 0.2) is 48.6 Å². The van der Waals surface area contributed by atoms with Gasteiger partial charge in [-0.1, -0.05) is 36.4 Å². The molecule has 2 N–H and O–H groups in total. The third-order valence-electron chi connectivity index (χ3n) is 2.81.